The van der Waals surface area contributed by atoms with Gasteiger partial charge >= 0.3 is 5.97 Å². The number of nitrogens with zero attached hydrogens (tertiary/aromatic N) is 4. The largest absolute Gasteiger partial charge is 0.508 e. The van der Waals surface area contributed by atoms with Crippen molar-refractivity contribution in [2.24, 2.45) is 22.9 Å². The van der Waals surface area contributed by atoms with Gasteiger partial charge in [0.05, 0.1) is 17.8 Å². The van der Waals surface area contributed by atoms with E-state index in [9.17, 15) is 25.2 Å². The number of phenols is 1. The summed E-state index contributed by atoms with van der Waals surface area (Å²) >= 11 is 0. The fourth-order valence-corrected chi connectivity index (χ4v) is 7.35. The molecule has 5 rings (SSSR count). The number of oxime groups is 1. The lowest BCUT2D eigenvalue weighted by atomic mass is 9.55. The second-order valence-corrected chi connectivity index (χ2v) is 15.0. The van der Waals surface area contributed by atoms with Crippen molar-refractivity contribution in [1.29, 1.82) is 0 Å². The SMILES string of the molecule is CC(C)(C)ON=C1C[C@H](n2nncc2C(=O)OC(C)(C)C)[C@@]2(O)Oc3ccc(O)cc3[C@H]3[C@H](CCCCO)[C@@H](CCCCO)C=C1[C@H]32. The number of fused-ring (bicyclic) bond motifs is 2. The molecular weight excluding hydrogens is 604 g/mol. The highest BCUT2D eigenvalue weighted by molar-refractivity contribution is 6.02. The first-order valence-electron chi connectivity index (χ1n) is 16.7. The van der Waals surface area contributed by atoms with Crippen LogP contribution in [0.5, 0.6) is 11.5 Å². The third kappa shape index (κ3) is 7.34. The molecule has 1 aromatic heterocycles. The third-order valence-electron chi connectivity index (χ3n) is 9.17. The van der Waals surface area contributed by atoms with Gasteiger partial charge in [-0.15, -0.1) is 5.10 Å². The molecule has 0 amide bonds. The van der Waals surface area contributed by atoms with Crippen molar-refractivity contribution in [3.63, 3.8) is 0 Å². The highest BCUT2D eigenvalue weighted by Crippen LogP contribution is 2.62. The molecule has 12 nitrogen and oxygen atoms in total. The number of aromatic hydroxyl groups is 1. The lowest BCUT2D eigenvalue weighted by molar-refractivity contribution is -0.225. The molecule has 2 heterocycles. The molecule has 2 aliphatic carbocycles. The van der Waals surface area contributed by atoms with E-state index in [1.165, 1.54) is 16.9 Å². The third-order valence-corrected chi connectivity index (χ3v) is 9.17. The monoisotopic (exact) mass is 654 g/mol. The molecule has 0 bridgehead atoms. The zero-order chi connectivity index (χ0) is 34.1. The molecule has 1 saturated carbocycles. The summed E-state index contributed by atoms with van der Waals surface area (Å²) in [7, 11) is 0. The van der Waals surface area contributed by atoms with Crippen LogP contribution in [0, 0.1) is 17.8 Å². The van der Waals surface area contributed by atoms with Crippen molar-refractivity contribution < 1.29 is 39.5 Å². The van der Waals surface area contributed by atoms with Crippen LogP contribution in [0.15, 0.2) is 41.2 Å². The standard InChI is InChI=1S/C35H50N4O8/c1-33(2,3)46-32(43)27-20-36-38-39(27)29-19-26(37-47-34(4,5)6)24-17-21(11-7-9-15-40)23(12-8-10-16-41)30-25-18-22(42)13-14-28(25)45-35(29,44)31(24)30/h13-14,17-18,20-21,23,29-31,40-42,44H,7-12,15-16,19H2,1-6H3/t21-,23+,29-,30+,31+,35+/m0/s1. The van der Waals surface area contributed by atoms with Crippen LogP contribution in [-0.2, 0) is 9.57 Å². The Balaban J connectivity index is 1.73. The van der Waals surface area contributed by atoms with E-state index in [0.717, 1.165) is 36.8 Å². The molecule has 1 aromatic carbocycles. The molecular formula is C35H50N4O8. The van der Waals surface area contributed by atoms with Crippen LogP contribution in [0.1, 0.15) is 114 Å². The Morgan fingerprint density at radius 1 is 1.06 bits per heavy atom. The molecule has 47 heavy (non-hydrogen) atoms. The van der Waals surface area contributed by atoms with Crippen molar-refractivity contribution in [3.8, 4) is 11.5 Å². The highest BCUT2D eigenvalue weighted by atomic mass is 16.6. The maximum atomic E-state index is 13.4. The minimum absolute atomic E-state index is 0.00502. The van der Waals surface area contributed by atoms with Crippen LogP contribution >= 0.6 is 0 Å². The maximum Gasteiger partial charge on any atom is 0.358 e. The number of rotatable bonds is 11. The van der Waals surface area contributed by atoms with Gasteiger partial charge in [-0.1, -0.05) is 29.3 Å². The Hall–Kier alpha value is -3.48. The number of aromatic nitrogens is 3. The molecule has 6 atom stereocenters. The Labute approximate surface area is 276 Å². The summed E-state index contributed by atoms with van der Waals surface area (Å²) < 4.78 is 13.6. The van der Waals surface area contributed by atoms with Crippen LogP contribution in [0.2, 0.25) is 0 Å². The highest BCUT2D eigenvalue weighted by Gasteiger charge is 2.63. The van der Waals surface area contributed by atoms with Crippen molar-refractivity contribution in [2.45, 2.75) is 115 Å². The molecule has 0 radical (unpaired) electrons. The lowest BCUT2D eigenvalue weighted by Gasteiger charge is -2.56. The van der Waals surface area contributed by atoms with Gasteiger partial charge in [-0.3, -0.25) is 0 Å². The number of unbranched alkanes of at least 4 members (excludes halogenated alkanes) is 2. The van der Waals surface area contributed by atoms with E-state index in [1.54, 1.807) is 32.9 Å². The number of carbonyl (C=O) groups is 1. The van der Waals surface area contributed by atoms with E-state index < -0.39 is 34.9 Å². The fourth-order valence-electron chi connectivity index (χ4n) is 7.35. The molecule has 4 N–H and O–H groups in total. The number of aliphatic hydroxyl groups excluding tert-OH is 2. The Morgan fingerprint density at radius 2 is 1.77 bits per heavy atom. The van der Waals surface area contributed by atoms with E-state index in [0.29, 0.717) is 24.3 Å². The number of hydrogen-bond acceptors (Lipinski definition) is 11. The van der Waals surface area contributed by atoms with Crippen molar-refractivity contribution >= 4 is 11.7 Å². The van der Waals surface area contributed by atoms with Gasteiger partial charge < -0.3 is 34.7 Å². The molecule has 1 fully saturated rings. The van der Waals surface area contributed by atoms with Gasteiger partial charge in [-0.25, -0.2) is 9.48 Å². The molecule has 0 spiro atoms. The maximum absolute atomic E-state index is 13.4. The molecule has 0 unspecified atom stereocenters. The van der Waals surface area contributed by atoms with Gasteiger partial charge in [-0.05, 0) is 103 Å². The zero-order valence-electron chi connectivity index (χ0n) is 28.3. The number of aliphatic hydroxyl groups is 3. The van der Waals surface area contributed by atoms with Crippen molar-refractivity contribution in [3.05, 3.63) is 47.3 Å². The number of ether oxygens (including phenoxy) is 2. The summed E-state index contributed by atoms with van der Waals surface area (Å²) in [6, 6.07) is 3.96. The Bertz CT molecular complexity index is 1490. The number of hydrogen-bond donors (Lipinski definition) is 4. The quantitative estimate of drug-likeness (QED) is 0.146. The molecule has 0 saturated heterocycles. The number of phenolic OH excluding ortho intramolecular Hbond substituents is 1. The molecule has 12 heteroatoms. The molecule has 1 aliphatic heterocycles. The second-order valence-electron chi connectivity index (χ2n) is 15.0. The van der Waals surface area contributed by atoms with E-state index in [-0.39, 0.29) is 48.8 Å². The average Bonchev–Trinajstić information content (AvgIpc) is 3.47. The number of esters is 1. The van der Waals surface area contributed by atoms with Crippen LogP contribution in [0.3, 0.4) is 0 Å². The van der Waals surface area contributed by atoms with Gasteiger partial charge in [0.25, 0.3) is 0 Å². The lowest BCUT2D eigenvalue weighted by Crippen LogP contribution is -2.62. The predicted molar refractivity (Wildman–Crippen MR) is 174 cm³/mol. The summed E-state index contributed by atoms with van der Waals surface area (Å²) in [5, 5.41) is 56.0. The smallest absolute Gasteiger partial charge is 0.358 e. The van der Waals surface area contributed by atoms with Gasteiger partial charge in [-0.2, -0.15) is 0 Å². The fraction of sp³-hybridized carbons (Fsp3) is 0.657. The normalized spacial score (nSPS) is 27.8. The molecule has 3 aliphatic rings. The first-order valence-corrected chi connectivity index (χ1v) is 16.7. The first-order chi connectivity index (χ1) is 22.2. The molecule has 2 aromatic rings. The number of carbonyl (C=O) groups excluding carboxylic acids is 1. The second kappa shape index (κ2) is 13.6. The van der Waals surface area contributed by atoms with Crippen molar-refractivity contribution in [1.82, 2.24) is 15.0 Å². The molecule has 258 valence electrons. The van der Waals surface area contributed by atoms with Gasteiger partial charge in [0.2, 0.25) is 5.79 Å². The summed E-state index contributed by atoms with van der Waals surface area (Å²) in [6.07, 6.45) is 8.04. The van der Waals surface area contributed by atoms with Gasteiger partial charge in [0, 0.05) is 31.1 Å². The van der Waals surface area contributed by atoms with Crippen LogP contribution in [-0.4, -0.2) is 77.3 Å². The van der Waals surface area contributed by atoms with Crippen LogP contribution < -0.4 is 4.74 Å². The predicted octanol–water partition coefficient (Wildman–Crippen LogP) is 5.03. The summed E-state index contributed by atoms with van der Waals surface area (Å²) in [4.78, 5) is 19.4. The van der Waals surface area contributed by atoms with Crippen molar-refractivity contribution in [2.75, 3.05) is 13.2 Å². The van der Waals surface area contributed by atoms with Gasteiger partial charge in [0.15, 0.2) is 5.69 Å². The number of allylic oxidation sites excluding steroid dienone is 1. The minimum Gasteiger partial charge on any atom is -0.508 e. The van der Waals surface area contributed by atoms with Crippen LogP contribution in [0.4, 0.5) is 0 Å². The zero-order valence-corrected chi connectivity index (χ0v) is 28.3. The van der Waals surface area contributed by atoms with E-state index in [4.69, 9.17) is 14.3 Å². The Kier molecular flexibility index (Phi) is 10.1. The first kappa shape index (κ1) is 34.8. The van der Waals surface area contributed by atoms with E-state index >= 15 is 0 Å². The Morgan fingerprint density at radius 3 is 2.43 bits per heavy atom. The summed E-state index contributed by atoms with van der Waals surface area (Å²) in [5.74, 6) is -2.99. The van der Waals surface area contributed by atoms with Crippen LogP contribution in [0.25, 0.3) is 0 Å². The topological polar surface area (TPSA) is 169 Å². The van der Waals surface area contributed by atoms with E-state index in [2.05, 4.69) is 21.5 Å². The average molecular weight is 655 g/mol. The summed E-state index contributed by atoms with van der Waals surface area (Å²) in [6.45, 7) is 11.2. The number of benzene rings is 1. The van der Waals surface area contributed by atoms with E-state index in [1.807, 2.05) is 20.8 Å². The minimum atomic E-state index is -1.91. The summed E-state index contributed by atoms with van der Waals surface area (Å²) in [5.41, 5.74) is 0.850. The van der Waals surface area contributed by atoms with Gasteiger partial charge in [0.1, 0.15) is 28.7 Å².